The maximum atomic E-state index is 14.1. The van der Waals surface area contributed by atoms with E-state index in [-0.39, 0.29) is 16.1 Å². The number of halogens is 1. The van der Waals surface area contributed by atoms with Gasteiger partial charge in [0.25, 0.3) is 5.56 Å². The lowest BCUT2D eigenvalue weighted by Crippen LogP contribution is -2.26. The van der Waals surface area contributed by atoms with Crippen molar-refractivity contribution >= 4 is 23.9 Å². The Bertz CT molecular complexity index is 1360. The molecule has 2 aromatic heterocycles. The van der Waals surface area contributed by atoms with Crippen LogP contribution in [0.4, 0.5) is 16.0 Å². The summed E-state index contributed by atoms with van der Waals surface area (Å²) in [7, 11) is 0. The summed E-state index contributed by atoms with van der Waals surface area (Å²) in [6.45, 7) is 1.89. The van der Waals surface area contributed by atoms with E-state index in [1.54, 1.807) is 10.7 Å². The number of hydrogen-bond acceptors (Lipinski definition) is 4. The van der Waals surface area contributed by atoms with E-state index in [9.17, 15) is 9.18 Å². The van der Waals surface area contributed by atoms with E-state index in [1.165, 1.54) is 12.1 Å². The molecule has 6 nitrogen and oxygen atoms in total. The molecule has 0 bridgehead atoms. The highest BCUT2D eigenvalue weighted by atomic mass is 32.1. The van der Waals surface area contributed by atoms with Crippen LogP contribution in [-0.2, 0) is 0 Å². The first-order valence-electron chi connectivity index (χ1n) is 9.07. The monoisotopic (exact) mass is 405 g/mol. The Labute approximate surface area is 170 Å². The average molecular weight is 405 g/mol. The second-order valence-electron chi connectivity index (χ2n) is 6.90. The van der Waals surface area contributed by atoms with Gasteiger partial charge < -0.3 is 10.3 Å². The summed E-state index contributed by atoms with van der Waals surface area (Å²) >= 11 is 5.16. The predicted octanol–water partition coefficient (Wildman–Crippen LogP) is 4.30. The van der Waals surface area contributed by atoms with Gasteiger partial charge in [-0.15, -0.1) is 0 Å². The molecule has 5 rings (SSSR count). The van der Waals surface area contributed by atoms with Gasteiger partial charge in [0.15, 0.2) is 4.77 Å². The molecule has 1 atom stereocenters. The largest absolute Gasteiger partial charge is 0.326 e. The number of fused-ring (bicyclic) bond motifs is 2. The van der Waals surface area contributed by atoms with Crippen molar-refractivity contribution in [3.8, 4) is 5.69 Å². The van der Waals surface area contributed by atoms with Crippen molar-refractivity contribution in [1.82, 2.24) is 19.7 Å². The maximum absolute atomic E-state index is 14.1. The standard InChI is InChI=1S/C21H16FN5OS/c1-11-15-16(12-6-5-7-13(22)10-12)17-18(24-21(29)25-20(17)28)23-19(15)27(26-11)14-8-3-2-4-9-14/h2-10,16H,1H3,(H3,23,24,25,28,29). The van der Waals surface area contributed by atoms with Gasteiger partial charge in [-0.1, -0.05) is 30.3 Å². The van der Waals surface area contributed by atoms with Crippen molar-refractivity contribution in [1.29, 1.82) is 0 Å². The van der Waals surface area contributed by atoms with Crippen LogP contribution in [0.15, 0.2) is 59.4 Å². The maximum Gasteiger partial charge on any atom is 0.257 e. The molecule has 0 aliphatic carbocycles. The van der Waals surface area contributed by atoms with E-state index < -0.39 is 5.92 Å². The van der Waals surface area contributed by atoms with Gasteiger partial charge >= 0.3 is 0 Å². The quantitative estimate of drug-likeness (QED) is 0.383. The fourth-order valence-electron chi connectivity index (χ4n) is 3.91. The molecule has 8 heteroatoms. The molecule has 144 valence electrons. The Morgan fingerprint density at radius 3 is 2.62 bits per heavy atom. The van der Waals surface area contributed by atoms with Crippen LogP contribution in [0.3, 0.4) is 0 Å². The number of anilines is 2. The number of para-hydroxylation sites is 1. The van der Waals surface area contributed by atoms with E-state index in [4.69, 9.17) is 17.3 Å². The first-order valence-corrected chi connectivity index (χ1v) is 9.47. The minimum absolute atomic E-state index is 0.213. The highest BCUT2D eigenvalue weighted by Gasteiger charge is 2.35. The van der Waals surface area contributed by atoms with Crippen molar-refractivity contribution in [2.75, 3.05) is 5.32 Å². The van der Waals surface area contributed by atoms with E-state index in [0.717, 1.165) is 16.9 Å². The summed E-state index contributed by atoms with van der Waals surface area (Å²) in [6.07, 6.45) is 0. The summed E-state index contributed by atoms with van der Waals surface area (Å²) in [5, 5.41) is 7.99. The summed E-state index contributed by atoms with van der Waals surface area (Å²) in [5.41, 5.74) is 3.24. The van der Waals surface area contributed by atoms with Crippen LogP contribution in [0.25, 0.3) is 5.69 Å². The molecule has 0 fully saturated rings. The topological polar surface area (TPSA) is 78.5 Å². The van der Waals surface area contributed by atoms with Gasteiger partial charge in [0.2, 0.25) is 0 Å². The van der Waals surface area contributed by atoms with Crippen molar-refractivity contribution < 1.29 is 4.39 Å². The summed E-state index contributed by atoms with van der Waals surface area (Å²) < 4.78 is 16.1. The van der Waals surface area contributed by atoms with E-state index in [0.29, 0.717) is 22.8 Å². The number of aromatic nitrogens is 4. The van der Waals surface area contributed by atoms with Gasteiger partial charge in [0.05, 0.1) is 16.9 Å². The zero-order valence-corrected chi connectivity index (χ0v) is 16.2. The molecule has 2 aromatic carbocycles. The first kappa shape index (κ1) is 17.6. The third-order valence-electron chi connectivity index (χ3n) is 5.09. The van der Waals surface area contributed by atoms with Crippen molar-refractivity contribution in [2.45, 2.75) is 12.8 Å². The molecule has 0 amide bonds. The number of nitrogens with zero attached hydrogens (tertiary/aromatic N) is 2. The first-order chi connectivity index (χ1) is 14.0. The number of H-pyrrole nitrogens is 2. The Balaban J connectivity index is 1.84. The van der Waals surface area contributed by atoms with Crippen molar-refractivity contribution in [3.63, 3.8) is 0 Å². The van der Waals surface area contributed by atoms with Crippen LogP contribution in [0.5, 0.6) is 0 Å². The van der Waals surface area contributed by atoms with E-state index in [2.05, 4.69) is 15.3 Å². The van der Waals surface area contributed by atoms with Crippen molar-refractivity contribution in [3.05, 3.63) is 97.9 Å². The van der Waals surface area contributed by atoms with Crippen LogP contribution < -0.4 is 10.9 Å². The molecular formula is C21H16FN5OS. The number of hydrogen-bond donors (Lipinski definition) is 3. The molecule has 3 N–H and O–H groups in total. The normalized spacial score (nSPS) is 14.8. The summed E-state index contributed by atoms with van der Waals surface area (Å²) in [6, 6.07) is 16.0. The van der Waals surface area contributed by atoms with Crippen LogP contribution in [0.1, 0.15) is 28.3 Å². The number of benzene rings is 2. The number of aromatic amines is 2. The number of nitrogens with one attached hydrogen (secondary N) is 3. The molecule has 0 saturated heterocycles. The molecule has 1 aliphatic rings. The average Bonchev–Trinajstić information content (AvgIpc) is 3.03. The van der Waals surface area contributed by atoms with Crippen LogP contribution in [0.2, 0.25) is 0 Å². The van der Waals surface area contributed by atoms with Crippen molar-refractivity contribution in [2.24, 2.45) is 0 Å². The zero-order chi connectivity index (χ0) is 20.1. The highest BCUT2D eigenvalue weighted by Crippen LogP contribution is 2.44. The Hall–Kier alpha value is -3.52. The summed E-state index contributed by atoms with van der Waals surface area (Å²) in [4.78, 5) is 18.5. The van der Waals surface area contributed by atoms with Crippen LogP contribution in [-0.4, -0.2) is 19.7 Å². The van der Waals surface area contributed by atoms with Gasteiger partial charge in [0, 0.05) is 11.5 Å². The molecular weight excluding hydrogens is 389 g/mol. The van der Waals surface area contributed by atoms with Gasteiger partial charge in [-0.2, -0.15) is 5.10 Å². The Kier molecular flexibility index (Phi) is 3.95. The smallest absolute Gasteiger partial charge is 0.257 e. The lowest BCUT2D eigenvalue weighted by Gasteiger charge is -2.27. The third kappa shape index (κ3) is 2.80. The molecule has 0 spiro atoms. The van der Waals surface area contributed by atoms with Crippen LogP contribution in [0, 0.1) is 17.5 Å². The number of aryl methyl sites for hydroxylation is 1. The second-order valence-corrected chi connectivity index (χ2v) is 7.31. The minimum Gasteiger partial charge on any atom is -0.326 e. The third-order valence-corrected chi connectivity index (χ3v) is 5.29. The predicted molar refractivity (Wildman–Crippen MR) is 111 cm³/mol. The van der Waals surface area contributed by atoms with E-state index in [1.807, 2.05) is 43.3 Å². The van der Waals surface area contributed by atoms with Gasteiger partial charge in [-0.05, 0) is 49.0 Å². The zero-order valence-electron chi connectivity index (χ0n) is 15.4. The minimum atomic E-state index is -0.495. The molecule has 0 radical (unpaired) electrons. The molecule has 1 unspecified atom stereocenters. The lowest BCUT2D eigenvalue weighted by molar-refractivity contribution is 0.624. The Morgan fingerprint density at radius 1 is 1.07 bits per heavy atom. The molecule has 29 heavy (non-hydrogen) atoms. The second kappa shape index (κ2) is 6.52. The molecule has 4 aromatic rings. The highest BCUT2D eigenvalue weighted by molar-refractivity contribution is 7.71. The Morgan fingerprint density at radius 2 is 1.86 bits per heavy atom. The number of rotatable bonds is 2. The van der Waals surface area contributed by atoms with Gasteiger partial charge in [-0.25, -0.2) is 9.07 Å². The van der Waals surface area contributed by atoms with E-state index >= 15 is 0 Å². The lowest BCUT2D eigenvalue weighted by atomic mass is 9.83. The van der Waals surface area contributed by atoms with Gasteiger partial charge in [-0.3, -0.25) is 9.78 Å². The molecule has 1 aliphatic heterocycles. The molecule has 3 heterocycles. The van der Waals surface area contributed by atoms with Gasteiger partial charge in [0.1, 0.15) is 17.5 Å². The van der Waals surface area contributed by atoms with Crippen LogP contribution >= 0.6 is 12.2 Å². The summed E-state index contributed by atoms with van der Waals surface area (Å²) in [5.74, 6) is 0.340. The molecule has 0 saturated carbocycles. The fraction of sp³-hybridized carbons (Fsp3) is 0.0952. The SMILES string of the molecule is Cc1nn(-c2ccccc2)c2c1C(c1cccc(F)c1)c1c([nH]c(=S)[nH]c1=O)N2. The fourth-order valence-corrected chi connectivity index (χ4v) is 4.11.